The Kier molecular flexibility index (Phi) is 4.10. The van der Waals surface area contributed by atoms with Crippen LogP contribution in [0.25, 0.3) is 0 Å². The molecule has 0 amide bonds. The fourth-order valence-electron chi connectivity index (χ4n) is 1.03. The number of aromatic nitrogens is 1. The fourth-order valence-corrected chi connectivity index (χ4v) is 1.03. The van der Waals surface area contributed by atoms with Gasteiger partial charge in [-0.15, -0.1) is 0 Å². The maximum atomic E-state index is 4.26. The van der Waals surface area contributed by atoms with Crippen molar-refractivity contribution < 1.29 is 0 Å². The van der Waals surface area contributed by atoms with Crippen molar-refractivity contribution in [2.45, 2.75) is 20.8 Å². The fraction of sp³-hybridized carbons (Fsp3) is 0.308. The van der Waals surface area contributed by atoms with Gasteiger partial charge in [0.15, 0.2) is 0 Å². The third kappa shape index (κ3) is 3.58. The van der Waals surface area contributed by atoms with E-state index in [0.29, 0.717) is 0 Å². The van der Waals surface area contributed by atoms with Crippen LogP contribution in [0.5, 0.6) is 0 Å². The van der Waals surface area contributed by atoms with Crippen LogP contribution in [0.1, 0.15) is 20.8 Å². The maximum Gasteiger partial charge on any atom is 0.132 e. The molecule has 0 radical (unpaired) electrons. The summed E-state index contributed by atoms with van der Waals surface area (Å²) in [5.74, 6) is 0.954. The molecular weight excluding hydrogens is 184 g/mol. The first-order valence-electron chi connectivity index (χ1n) is 5.07. The van der Waals surface area contributed by atoms with Crippen LogP contribution < -0.4 is 4.90 Å². The number of pyridine rings is 1. The highest BCUT2D eigenvalue weighted by Gasteiger charge is 1.95. The van der Waals surface area contributed by atoms with Gasteiger partial charge in [-0.25, -0.2) is 4.98 Å². The van der Waals surface area contributed by atoms with Gasteiger partial charge < -0.3 is 4.90 Å². The highest BCUT2D eigenvalue weighted by atomic mass is 15.1. The van der Waals surface area contributed by atoms with Crippen LogP contribution in [0.15, 0.2) is 47.8 Å². The Balaban J connectivity index is 2.73. The van der Waals surface area contributed by atoms with Crippen molar-refractivity contribution in [3.05, 3.63) is 47.8 Å². The van der Waals surface area contributed by atoms with Gasteiger partial charge in [0.1, 0.15) is 5.82 Å². The van der Waals surface area contributed by atoms with E-state index in [0.717, 1.165) is 5.82 Å². The topological polar surface area (TPSA) is 16.1 Å². The molecule has 0 N–H and O–H groups in total. The van der Waals surface area contributed by atoms with E-state index in [9.17, 15) is 0 Å². The van der Waals surface area contributed by atoms with Gasteiger partial charge in [0.2, 0.25) is 0 Å². The summed E-state index contributed by atoms with van der Waals surface area (Å²) in [5.41, 5.74) is 2.62. The molecule has 15 heavy (non-hydrogen) atoms. The summed E-state index contributed by atoms with van der Waals surface area (Å²) < 4.78 is 0. The van der Waals surface area contributed by atoms with Crippen molar-refractivity contribution in [3.63, 3.8) is 0 Å². The molecule has 0 aliphatic rings. The number of allylic oxidation sites excluding steroid dienone is 3. The summed E-state index contributed by atoms with van der Waals surface area (Å²) in [7, 11) is 2.00. The van der Waals surface area contributed by atoms with E-state index in [1.165, 1.54) is 11.1 Å². The van der Waals surface area contributed by atoms with Gasteiger partial charge in [0.25, 0.3) is 0 Å². The van der Waals surface area contributed by atoms with Crippen LogP contribution in [0, 0.1) is 0 Å². The molecular formula is C13H18N2. The molecule has 0 saturated heterocycles. The van der Waals surface area contributed by atoms with Crippen molar-refractivity contribution in [1.82, 2.24) is 4.98 Å². The molecule has 2 nitrogen and oxygen atoms in total. The van der Waals surface area contributed by atoms with E-state index in [1.54, 1.807) is 6.20 Å². The molecule has 0 fully saturated rings. The summed E-state index contributed by atoms with van der Waals surface area (Å²) in [6, 6.07) is 5.89. The Morgan fingerprint density at radius 2 is 2.00 bits per heavy atom. The third-order valence-electron chi connectivity index (χ3n) is 2.35. The standard InChI is InChI=1S/C13H18N2/c1-11(2)12(3)8-10-15(4)13-7-5-6-9-14-13/h5-10H,1-4H3/b10-8-. The van der Waals surface area contributed by atoms with Gasteiger partial charge in [-0.1, -0.05) is 17.2 Å². The highest BCUT2D eigenvalue weighted by Crippen LogP contribution is 2.09. The second-order valence-electron chi connectivity index (χ2n) is 3.80. The lowest BCUT2D eigenvalue weighted by molar-refractivity contribution is 1.12. The minimum Gasteiger partial charge on any atom is -0.336 e. The molecule has 1 heterocycles. The van der Waals surface area contributed by atoms with Crippen molar-refractivity contribution >= 4 is 5.82 Å². The van der Waals surface area contributed by atoms with E-state index in [-0.39, 0.29) is 0 Å². The van der Waals surface area contributed by atoms with Crippen molar-refractivity contribution in [3.8, 4) is 0 Å². The zero-order chi connectivity index (χ0) is 11.3. The van der Waals surface area contributed by atoms with Gasteiger partial charge in [-0.05, 0) is 39.0 Å². The zero-order valence-corrected chi connectivity index (χ0v) is 9.86. The smallest absolute Gasteiger partial charge is 0.132 e. The van der Waals surface area contributed by atoms with Gasteiger partial charge in [0.05, 0.1) is 0 Å². The molecule has 0 saturated carbocycles. The van der Waals surface area contributed by atoms with Crippen LogP contribution in [-0.2, 0) is 0 Å². The van der Waals surface area contributed by atoms with Gasteiger partial charge >= 0.3 is 0 Å². The molecule has 1 aromatic rings. The Morgan fingerprint density at radius 1 is 1.27 bits per heavy atom. The average Bonchev–Trinajstić information content (AvgIpc) is 2.26. The molecule has 0 bridgehead atoms. The van der Waals surface area contributed by atoms with Crippen molar-refractivity contribution in [1.29, 1.82) is 0 Å². The molecule has 0 aromatic carbocycles. The Morgan fingerprint density at radius 3 is 2.53 bits per heavy atom. The van der Waals surface area contributed by atoms with E-state index in [2.05, 4.69) is 31.8 Å². The number of hydrogen-bond donors (Lipinski definition) is 0. The molecule has 0 aliphatic heterocycles. The predicted octanol–water partition coefficient (Wildman–Crippen LogP) is 3.39. The van der Waals surface area contributed by atoms with Crippen LogP contribution in [0.3, 0.4) is 0 Å². The lowest BCUT2D eigenvalue weighted by atomic mass is 10.2. The van der Waals surface area contributed by atoms with E-state index < -0.39 is 0 Å². The molecule has 0 unspecified atom stereocenters. The summed E-state index contributed by atoms with van der Waals surface area (Å²) in [6.07, 6.45) is 5.93. The monoisotopic (exact) mass is 202 g/mol. The Labute approximate surface area is 92.0 Å². The largest absolute Gasteiger partial charge is 0.336 e. The third-order valence-corrected chi connectivity index (χ3v) is 2.35. The zero-order valence-electron chi connectivity index (χ0n) is 9.86. The van der Waals surface area contributed by atoms with E-state index >= 15 is 0 Å². The van der Waals surface area contributed by atoms with Crippen LogP contribution >= 0.6 is 0 Å². The van der Waals surface area contributed by atoms with Crippen molar-refractivity contribution in [2.24, 2.45) is 0 Å². The Bertz CT molecular complexity index is 359. The number of nitrogens with zero attached hydrogens (tertiary/aromatic N) is 2. The molecule has 1 rings (SSSR count). The average molecular weight is 202 g/mol. The quantitative estimate of drug-likeness (QED) is 0.698. The van der Waals surface area contributed by atoms with Crippen LogP contribution in [0.4, 0.5) is 5.82 Å². The first-order valence-corrected chi connectivity index (χ1v) is 5.07. The summed E-state index contributed by atoms with van der Waals surface area (Å²) in [6.45, 7) is 6.33. The molecule has 0 spiro atoms. The minimum absolute atomic E-state index is 0.954. The van der Waals surface area contributed by atoms with E-state index in [1.807, 2.05) is 36.3 Å². The lowest BCUT2D eigenvalue weighted by Gasteiger charge is -2.12. The highest BCUT2D eigenvalue weighted by molar-refractivity contribution is 5.41. The van der Waals surface area contributed by atoms with Crippen LogP contribution in [0.2, 0.25) is 0 Å². The predicted molar refractivity (Wildman–Crippen MR) is 65.8 cm³/mol. The molecule has 0 atom stereocenters. The molecule has 1 aromatic heterocycles. The van der Waals surface area contributed by atoms with Gasteiger partial charge in [0, 0.05) is 19.4 Å². The normalized spacial score (nSPS) is 10.4. The summed E-state index contributed by atoms with van der Waals surface area (Å²) in [5, 5.41) is 0. The number of anilines is 1. The second kappa shape index (κ2) is 5.35. The first kappa shape index (κ1) is 11.5. The Hall–Kier alpha value is -1.57. The maximum absolute atomic E-state index is 4.26. The first-order chi connectivity index (χ1) is 7.11. The molecule has 2 heteroatoms. The SMILES string of the molecule is CC(C)=C(C)/C=C\N(C)c1ccccn1. The van der Waals surface area contributed by atoms with Crippen molar-refractivity contribution in [2.75, 3.05) is 11.9 Å². The van der Waals surface area contributed by atoms with E-state index in [4.69, 9.17) is 0 Å². The molecule has 0 aliphatic carbocycles. The lowest BCUT2D eigenvalue weighted by Crippen LogP contribution is -2.09. The van der Waals surface area contributed by atoms with Crippen LogP contribution in [-0.4, -0.2) is 12.0 Å². The summed E-state index contributed by atoms with van der Waals surface area (Å²) >= 11 is 0. The number of hydrogen-bond acceptors (Lipinski definition) is 2. The molecule has 80 valence electrons. The second-order valence-corrected chi connectivity index (χ2v) is 3.80. The summed E-state index contributed by atoms with van der Waals surface area (Å²) in [4.78, 5) is 6.27. The van der Waals surface area contributed by atoms with Gasteiger partial charge in [-0.2, -0.15) is 0 Å². The number of rotatable bonds is 3. The minimum atomic E-state index is 0.954. The van der Waals surface area contributed by atoms with Gasteiger partial charge in [-0.3, -0.25) is 0 Å².